The van der Waals surface area contributed by atoms with Gasteiger partial charge in [-0.15, -0.1) is 0 Å². The number of nitrogens with zero attached hydrogens (tertiary/aromatic N) is 1. The molecular weight excluding hydrogens is 417 g/mol. The van der Waals surface area contributed by atoms with E-state index in [9.17, 15) is 18.0 Å². The lowest BCUT2D eigenvalue weighted by atomic mass is 9.88. The molecule has 2 heterocycles. The summed E-state index contributed by atoms with van der Waals surface area (Å²) in [6, 6.07) is 10.4. The topological polar surface area (TPSA) is 41.6 Å². The summed E-state index contributed by atoms with van der Waals surface area (Å²) in [5, 5.41) is 2.82. The van der Waals surface area contributed by atoms with Gasteiger partial charge in [-0.3, -0.25) is 9.69 Å². The van der Waals surface area contributed by atoms with Crippen molar-refractivity contribution in [1.29, 1.82) is 0 Å². The number of likely N-dealkylation sites (tertiary alicyclic amines) is 1. The van der Waals surface area contributed by atoms with Gasteiger partial charge in [0.05, 0.1) is 11.7 Å². The number of carbonyl (C=O) groups is 1. The third-order valence-corrected chi connectivity index (χ3v) is 6.33. The summed E-state index contributed by atoms with van der Waals surface area (Å²) in [7, 11) is 0. The second kappa shape index (κ2) is 9.88. The molecular formula is C25H27F3N2O2. The number of piperidine rings is 1. The van der Waals surface area contributed by atoms with E-state index in [0.29, 0.717) is 24.2 Å². The van der Waals surface area contributed by atoms with Crippen molar-refractivity contribution in [3.63, 3.8) is 0 Å². The van der Waals surface area contributed by atoms with Crippen LogP contribution in [0.5, 0.6) is 0 Å². The van der Waals surface area contributed by atoms with Crippen LogP contribution in [-0.4, -0.2) is 42.1 Å². The Kier molecular flexibility index (Phi) is 6.96. The maximum absolute atomic E-state index is 13.9. The molecule has 0 radical (unpaired) electrons. The number of carbonyl (C=O) groups excluding carboxylic acids is 1. The van der Waals surface area contributed by atoms with Crippen molar-refractivity contribution >= 4 is 12.0 Å². The number of benzene rings is 2. The number of halogens is 3. The molecule has 1 atom stereocenters. The largest absolute Gasteiger partial charge is 0.370 e. The van der Waals surface area contributed by atoms with E-state index < -0.39 is 11.6 Å². The number of rotatable bonds is 6. The molecule has 2 saturated heterocycles. The van der Waals surface area contributed by atoms with Crippen molar-refractivity contribution in [2.24, 2.45) is 0 Å². The van der Waals surface area contributed by atoms with E-state index in [0.717, 1.165) is 50.9 Å². The van der Waals surface area contributed by atoms with Crippen LogP contribution in [0.1, 0.15) is 36.8 Å². The highest BCUT2D eigenvalue weighted by atomic mass is 19.2. The Balaban J connectivity index is 1.21. The molecule has 2 aliphatic heterocycles. The van der Waals surface area contributed by atoms with Crippen LogP contribution >= 0.6 is 0 Å². The van der Waals surface area contributed by atoms with Crippen molar-refractivity contribution in [1.82, 2.24) is 10.2 Å². The SMILES string of the molecule is O=C(/C=C/c1ccc(F)c(F)c1)NCC1CCC2(CCN(Cc3ccccc3F)CC2)O1. The van der Waals surface area contributed by atoms with Gasteiger partial charge in [0.2, 0.25) is 5.91 Å². The van der Waals surface area contributed by atoms with Gasteiger partial charge in [-0.2, -0.15) is 0 Å². The van der Waals surface area contributed by atoms with E-state index >= 15 is 0 Å². The van der Waals surface area contributed by atoms with Crippen LogP contribution in [-0.2, 0) is 16.1 Å². The lowest BCUT2D eigenvalue weighted by Gasteiger charge is -2.39. The first kappa shape index (κ1) is 22.6. The van der Waals surface area contributed by atoms with Crippen LogP contribution < -0.4 is 5.32 Å². The van der Waals surface area contributed by atoms with Gasteiger partial charge in [0.15, 0.2) is 11.6 Å². The first-order chi connectivity index (χ1) is 15.4. The van der Waals surface area contributed by atoms with Gasteiger partial charge in [0.1, 0.15) is 5.82 Å². The minimum absolute atomic E-state index is 0.0475. The van der Waals surface area contributed by atoms with Gasteiger partial charge in [-0.25, -0.2) is 13.2 Å². The Morgan fingerprint density at radius 3 is 2.59 bits per heavy atom. The maximum atomic E-state index is 13.9. The van der Waals surface area contributed by atoms with E-state index in [1.807, 2.05) is 12.1 Å². The van der Waals surface area contributed by atoms with Crippen LogP contribution in [0.4, 0.5) is 13.2 Å². The van der Waals surface area contributed by atoms with Gasteiger partial charge < -0.3 is 10.1 Å². The molecule has 2 aromatic rings. The zero-order chi connectivity index (χ0) is 22.6. The normalized spacial score (nSPS) is 20.8. The quantitative estimate of drug-likeness (QED) is 0.670. The Morgan fingerprint density at radius 1 is 1.06 bits per heavy atom. The Hall–Kier alpha value is -2.64. The number of amides is 1. The molecule has 2 fully saturated rings. The third kappa shape index (κ3) is 5.58. The summed E-state index contributed by atoms with van der Waals surface area (Å²) < 4.78 is 46.4. The maximum Gasteiger partial charge on any atom is 0.244 e. The lowest BCUT2D eigenvalue weighted by Crippen LogP contribution is -2.44. The van der Waals surface area contributed by atoms with Gasteiger partial charge in [0.25, 0.3) is 0 Å². The highest BCUT2D eigenvalue weighted by molar-refractivity contribution is 5.91. The fourth-order valence-corrected chi connectivity index (χ4v) is 4.45. The standard InChI is InChI=1S/C25H27F3N2O2/c26-21-4-2-1-3-19(21)17-30-13-11-25(12-14-30)10-9-20(32-25)16-29-24(31)8-6-18-5-7-22(27)23(28)15-18/h1-8,15,20H,9-14,16-17H2,(H,29,31)/b8-6+. The Morgan fingerprint density at radius 2 is 1.84 bits per heavy atom. The first-order valence-corrected chi connectivity index (χ1v) is 11.0. The summed E-state index contributed by atoms with van der Waals surface area (Å²) in [5.41, 5.74) is 0.966. The van der Waals surface area contributed by atoms with Crippen LogP contribution in [0.15, 0.2) is 48.5 Å². The highest BCUT2D eigenvalue weighted by Crippen LogP contribution is 2.39. The molecule has 4 nitrogen and oxygen atoms in total. The molecule has 0 saturated carbocycles. The summed E-state index contributed by atoms with van der Waals surface area (Å²) in [6.45, 7) is 2.71. The molecule has 0 bridgehead atoms. The molecule has 2 aliphatic rings. The van der Waals surface area contributed by atoms with E-state index in [1.165, 1.54) is 24.3 Å². The van der Waals surface area contributed by atoms with Gasteiger partial charge in [0, 0.05) is 37.8 Å². The van der Waals surface area contributed by atoms with Crippen LogP contribution in [0, 0.1) is 17.5 Å². The van der Waals surface area contributed by atoms with E-state index in [2.05, 4.69) is 10.2 Å². The van der Waals surface area contributed by atoms with E-state index in [-0.39, 0.29) is 23.4 Å². The Bertz CT molecular complexity index is 987. The third-order valence-electron chi connectivity index (χ3n) is 6.33. The number of ether oxygens (including phenoxy) is 1. The molecule has 4 rings (SSSR count). The van der Waals surface area contributed by atoms with Crippen molar-refractivity contribution in [2.45, 2.75) is 43.9 Å². The number of nitrogens with one attached hydrogen (secondary N) is 1. The predicted molar refractivity (Wildman–Crippen MR) is 116 cm³/mol. The molecule has 170 valence electrons. The molecule has 1 spiro atoms. The summed E-state index contributed by atoms with van der Waals surface area (Å²) >= 11 is 0. The summed E-state index contributed by atoms with van der Waals surface area (Å²) in [5.74, 6) is -2.34. The lowest BCUT2D eigenvalue weighted by molar-refractivity contribution is -0.118. The summed E-state index contributed by atoms with van der Waals surface area (Å²) in [6.07, 6.45) is 6.31. The fraction of sp³-hybridized carbons (Fsp3) is 0.400. The molecule has 0 aromatic heterocycles. The molecule has 7 heteroatoms. The van der Waals surface area contributed by atoms with E-state index in [1.54, 1.807) is 6.07 Å². The van der Waals surface area contributed by atoms with Gasteiger partial charge in [-0.05, 0) is 55.5 Å². The van der Waals surface area contributed by atoms with Crippen molar-refractivity contribution < 1.29 is 22.7 Å². The smallest absolute Gasteiger partial charge is 0.244 e. The molecule has 1 unspecified atom stereocenters. The minimum atomic E-state index is -0.947. The molecule has 1 amide bonds. The number of hydrogen-bond acceptors (Lipinski definition) is 3. The van der Waals surface area contributed by atoms with Crippen molar-refractivity contribution in [2.75, 3.05) is 19.6 Å². The highest BCUT2D eigenvalue weighted by Gasteiger charge is 2.42. The van der Waals surface area contributed by atoms with Gasteiger partial charge in [-0.1, -0.05) is 24.3 Å². The molecule has 32 heavy (non-hydrogen) atoms. The van der Waals surface area contributed by atoms with Crippen LogP contribution in [0.25, 0.3) is 6.08 Å². The minimum Gasteiger partial charge on any atom is -0.370 e. The number of hydrogen-bond donors (Lipinski definition) is 1. The average Bonchev–Trinajstić information content (AvgIpc) is 3.19. The van der Waals surface area contributed by atoms with Crippen molar-refractivity contribution in [3.8, 4) is 0 Å². The van der Waals surface area contributed by atoms with Crippen molar-refractivity contribution in [3.05, 3.63) is 77.1 Å². The van der Waals surface area contributed by atoms with E-state index in [4.69, 9.17) is 4.74 Å². The molecule has 1 N–H and O–H groups in total. The monoisotopic (exact) mass is 444 g/mol. The second-order valence-corrected chi connectivity index (χ2v) is 8.58. The van der Waals surface area contributed by atoms with Gasteiger partial charge >= 0.3 is 0 Å². The summed E-state index contributed by atoms with van der Waals surface area (Å²) in [4.78, 5) is 14.3. The fourth-order valence-electron chi connectivity index (χ4n) is 4.45. The zero-order valence-electron chi connectivity index (χ0n) is 17.8. The first-order valence-electron chi connectivity index (χ1n) is 11.0. The molecule has 2 aromatic carbocycles. The molecule has 0 aliphatic carbocycles. The average molecular weight is 444 g/mol. The Labute approximate surface area is 186 Å². The second-order valence-electron chi connectivity index (χ2n) is 8.58. The van der Waals surface area contributed by atoms with Crippen LogP contribution in [0.3, 0.4) is 0 Å². The zero-order valence-corrected chi connectivity index (χ0v) is 17.8. The predicted octanol–water partition coefficient (Wildman–Crippen LogP) is 4.45. The van der Waals surface area contributed by atoms with Crippen LogP contribution in [0.2, 0.25) is 0 Å².